The summed E-state index contributed by atoms with van der Waals surface area (Å²) >= 11 is 3.57. The van der Waals surface area contributed by atoms with E-state index in [1.807, 2.05) is 23.1 Å². The summed E-state index contributed by atoms with van der Waals surface area (Å²) in [5.41, 5.74) is 1.20. The third-order valence-corrected chi connectivity index (χ3v) is 5.41. The van der Waals surface area contributed by atoms with Crippen LogP contribution in [-0.2, 0) is 11.3 Å². The van der Waals surface area contributed by atoms with Gasteiger partial charge in [-0.2, -0.15) is 0 Å². The highest BCUT2D eigenvalue weighted by molar-refractivity contribution is 9.10. The fraction of sp³-hybridized carbons (Fsp3) is 0.632. The van der Waals surface area contributed by atoms with Crippen LogP contribution in [0.25, 0.3) is 0 Å². The number of rotatable bonds is 9. The second-order valence-electron chi connectivity index (χ2n) is 6.39. The van der Waals surface area contributed by atoms with E-state index in [2.05, 4.69) is 28.9 Å². The molecule has 2 nitrogen and oxygen atoms in total. The second-order valence-corrected chi connectivity index (χ2v) is 7.25. The molecular weight excluding hydrogens is 338 g/mol. The molecule has 1 heterocycles. The number of carbonyl (C=O) groups is 1. The molecule has 1 aromatic carbocycles. The van der Waals surface area contributed by atoms with Gasteiger partial charge in [0.2, 0.25) is 5.91 Å². The first-order valence-electron chi connectivity index (χ1n) is 8.74. The molecule has 0 bridgehead atoms. The SMILES string of the molecule is CCCCCCCC[C@H]1CCN(Cc2ccccc2Br)C1=O. The quantitative estimate of drug-likeness (QED) is 0.525. The van der Waals surface area contributed by atoms with Crippen molar-refractivity contribution in [2.24, 2.45) is 5.92 Å². The molecule has 0 spiro atoms. The number of carbonyl (C=O) groups excluding carboxylic acids is 1. The largest absolute Gasteiger partial charge is 0.338 e. The van der Waals surface area contributed by atoms with Gasteiger partial charge in [-0.3, -0.25) is 4.79 Å². The first kappa shape index (κ1) is 17.5. The van der Waals surface area contributed by atoms with Crippen LogP contribution >= 0.6 is 15.9 Å². The molecule has 1 aliphatic heterocycles. The van der Waals surface area contributed by atoms with Gasteiger partial charge in [0.15, 0.2) is 0 Å². The summed E-state index contributed by atoms with van der Waals surface area (Å²) in [6.07, 6.45) is 9.94. The van der Waals surface area contributed by atoms with E-state index < -0.39 is 0 Å². The van der Waals surface area contributed by atoms with E-state index in [0.29, 0.717) is 5.91 Å². The van der Waals surface area contributed by atoms with Crippen LogP contribution in [0.5, 0.6) is 0 Å². The smallest absolute Gasteiger partial charge is 0.226 e. The molecule has 122 valence electrons. The number of halogens is 1. The van der Waals surface area contributed by atoms with Gasteiger partial charge in [-0.05, 0) is 24.5 Å². The zero-order valence-electron chi connectivity index (χ0n) is 13.7. The number of nitrogens with zero attached hydrogens (tertiary/aromatic N) is 1. The van der Waals surface area contributed by atoms with Crippen LogP contribution in [0.4, 0.5) is 0 Å². The first-order valence-corrected chi connectivity index (χ1v) is 9.54. The van der Waals surface area contributed by atoms with Gasteiger partial charge in [0, 0.05) is 23.5 Å². The number of hydrogen-bond donors (Lipinski definition) is 0. The summed E-state index contributed by atoms with van der Waals surface area (Å²) in [6, 6.07) is 8.19. The number of likely N-dealkylation sites (tertiary alicyclic amines) is 1. The predicted molar refractivity (Wildman–Crippen MR) is 95.7 cm³/mol. The Kier molecular flexibility index (Phi) is 7.44. The number of unbranched alkanes of at least 4 members (excludes halogenated alkanes) is 5. The van der Waals surface area contributed by atoms with Crippen molar-refractivity contribution >= 4 is 21.8 Å². The van der Waals surface area contributed by atoms with E-state index in [9.17, 15) is 4.79 Å². The van der Waals surface area contributed by atoms with Crippen molar-refractivity contribution in [3.05, 3.63) is 34.3 Å². The van der Waals surface area contributed by atoms with E-state index in [1.165, 1.54) is 44.1 Å². The lowest BCUT2D eigenvalue weighted by Crippen LogP contribution is -2.27. The Morgan fingerprint density at radius 3 is 2.64 bits per heavy atom. The van der Waals surface area contributed by atoms with Crippen LogP contribution < -0.4 is 0 Å². The Bertz CT molecular complexity index is 474. The minimum absolute atomic E-state index is 0.272. The molecule has 1 saturated heterocycles. The maximum absolute atomic E-state index is 12.5. The molecule has 0 N–H and O–H groups in total. The Morgan fingerprint density at radius 1 is 1.14 bits per heavy atom. The molecule has 1 fully saturated rings. The first-order chi connectivity index (χ1) is 10.7. The van der Waals surface area contributed by atoms with Crippen LogP contribution in [0.3, 0.4) is 0 Å². The molecule has 0 saturated carbocycles. The minimum atomic E-state index is 0.272. The van der Waals surface area contributed by atoms with E-state index in [-0.39, 0.29) is 5.92 Å². The van der Waals surface area contributed by atoms with Crippen molar-refractivity contribution in [1.29, 1.82) is 0 Å². The Labute approximate surface area is 143 Å². The van der Waals surface area contributed by atoms with Crippen molar-refractivity contribution < 1.29 is 4.79 Å². The average Bonchev–Trinajstić information content (AvgIpc) is 2.86. The number of benzene rings is 1. The van der Waals surface area contributed by atoms with E-state index >= 15 is 0 Å². The van der Waals surface area contributed by atoms with E-state index in [0.717, 1.165) is 30.4 Å². The highest BCUT2D eigenvalue weighted by Crippen LogP contribution is 2.27. The van der Waals surface area contributed by atoms with Gasteiger partial charge < -0.3 is 4.90 Å². The molecule has 0 aliphatic carbocycles. The van der Waals surface area contributed by atoms with E-state index in [4.69, 9.17) is 0 Å². The zero-order valence-corrected chi connectivity index (χ0v) is 15.3. The maximum Gasteiger partial charge on any atom is 0.226 e. The average molecular weight is 366 g/mol. The lowest BCUT2D eigenvalue weighted by atomic mass is 9.99. The molecular formula is C19H28BrNO. The molecule has 1 atom stereocenters. The molecule has 3 heteroatoms. The summed E-state index contributed by atoms with van der Waals surface area (Å²) in [7, 11) is 0. The highest BCUT2D eigenvalue weighted by Gasteiger charge is 2.30. The van der Waals surface area contributed by atoms with Crippen molar-refractivity contribution in [2.75, 3.05) is 6.54 Å². The highest BCUT2D eigenvalue weighted by atomic mass is 79.9. The molecule has 1 amide bonds. The van der Waals surface area contributed by atoms with Crippen molar-refractivity contribution in [2.45, 2.75) is 64.8 Å². The zero-order chi connectivity index (χ0) is 15.8. The minimum Gasteiger partial charge on any atom is -0.338 e. The third kappa shape index (κ3) is 5.12. The van der Waals surface area contributed by atoms with Gasteiger partial charge in [-0.25, -0.2) is 0 Å². The van der Waals surface area contributed by atoms with Gasteiger partial charge >= 0.3 is 0 Å². The van der Waals surface area contributed by atoms with Crippen molar-refractivity contribution in [3.63, 3.8) is 0 Å². The van der Waals surface area contributed by atoms with Crippen LogP contribution in [0.2, 0.25) is 0 Å². The lowest BCUT2D eigenvalue weighted by Gasteiger charge is -2.17. The summed E-state index contributed by atoms with van der Waals surface area (Å²) in [6.45, 7) is 3.91. The number of amides is 1. The molecule has 2 rings (SSSR count). The van der Waals surface area contributed by atoms with E-state index in [1.54, 1.807) is 0 Å². The van der Waals surface area contributed by atoms with Gasteiger partial charge in [0.1, 0.15) is 0 Å². The lowest BCUT2D eigenvalue weighted by molar-refractivity contribution is -0.131. The Balaban J connectivity index is 1.72. The standard InChI is InChI=1S/C19H28BrNO/c1-2-3-4-5-6-7-10-16-13-14-21(19(16)22)15-17-11-8-9-12-18(17)20/h8-9,11-12,16H,2-7,10,13-15H2,1H3/t16-/m0/s1. The molecule has 1 aromatic rings. The van der Waals surface area contributed by atoms with Gasteiger partial charge in [-0.15, -0.1) is 0 Å². The summed E-state index contributed by atoms with van der Waals surface area (Å²) in [5, 5.41) is 0. The van der Waals surface area contributed by atoms with Crippen molar-refractivity contribution in [1.82, 2.24) is 4.90 Å². The van der Waals surface area contributed by atoms with Crippen LogP contribution in [0.1, 0.15) is 63.9 Å². The normalized spacial score (nSPS) is 18.2. The van der Waals surface area contributed by atoms with Gasteiger partial charge in [0.25, 0.3) is 0 Å². The molecule has 0 aromatic heterocycles. The fourth-order valence-electron chi connectivity index (χ4n) is 3.23. The topological polar surface area (TPSA) is 20.3 Å². The molecule has 22 heavy (non-hydrogen) atoms. The summed E-state index contributed by atoms with van der Waals surface area (Å²) < 4.78 is 1.10. The van der Waals surface area contributed by atoms with Crippen LogP contribution in [-0.4, -0.2) is 17.4 Å². The fourth-order valence-corrected chi connectivity index (χ4v) is 3.64. The molecule has 1 aliphatic rings. The maximum atomic E-state index is 12.5. The Morgan fingerprint density at radius 2 is 1.86 bits per heavy atom. The monoisotopic (exact) mass is 365 g/mol. The second kappa shape index (κ2) is 9.34. The molecule has 0 radical (unpaired) electrons. The molecule has 0 unspecified atom stereocenters. The van der Waals surface area contributed by atoms with Gasteiger partial charge in [0.05, 0.1) is 0 Å². The predicted octanol–water partition coefficient (Wildman–Crippen LogP) is 5.55. The van der Waals surface area contributed by atoms with Gasteiger partial charge in [-0.1, -0.05) is 79.6 Å². The number of hydrogen-bond acceptors (Lipinski definition) is 1. The summed E-state index contributed by atoms with van der Waals surface area (Å²) in [5.74, 6) is 0.637. The van der Waals surface area contributed by atoms with Crippen LogP contribution in [0, 0.1) is 5.92 Å². The Hall–Kier alpha value is -0.830. The van der Waals surface area contributed by atoms with Crippen LogP contribution in [0.15, 0.2) is 28.7 Å². The third-order valence-electron chi connectivity index (χ3n) is 4.63. The summed E-state index contributed by atoms with van der Waals surface area (Å²) in [4.78, 5) is 14.5. The van der Waals surface area contributed by atoms with Crippen molar-refractivity contribution in [3.8, 4) is 0 Å².